The molecule has 15 heavy (non-hydrogen) atoms. The van der Waals surface area contributed by atoms with Gasteiger partial charge in [-0.25, -0.2) is 4.99 Å². The summed E-state index contributed by atoms with van der Waals surface area (Å²) in [4.78, 5) is 6.83. The normalized spacial score (nSPS) is 25.5. The Labute approximate surface area is 101 Å². The van der Waals surface area contributed by atoms with Crippen LogP contribution in [0.25, 0.3) is 0 Å². The number of rotatable bonds is 1. The van der Waals surface area contributed by atoms with E-state index in [-0.39, 0.29) is 5.54 Å². The highest BCUT2D eigenvalue weighted by atomic mass is 32.2. The molecule has 2 aliphatic rings. The van der Waals surface area contributed by atoms with Crippen molar-refractivity contribution in [3.8, 4) is 0 Å². The first kappa shape index (κ1) is 11.4. The summed E-state index contributed by atoms with van der Waals surface area (Å²) in [5.74, 6) is 1.07. The van der Waals surface area contributed by atoms with E-state index >= 15 is 0 Å². The van der Waals surface area contributed by atoms with Gasteiger partial charge in [-0.2, -0.15) is 0 Å². The van der Waals surface area contributed by atoms with Crippen molar-refractivity contribution in [1.29, 1.82) is 0 Å². The highest BCUT2D eigenvalue weighted by Gasteiger charge is 2.42. The van der Waals surface area contributed by atoms with Gasteiger partial charge in [0.25, 0.3) is 0 Å². The molecule has 0 aromatic rings. The van der Waals surface area contributed by atoms with Crippen LogP contribution < -0.4 is 5.32 Å². The van der Waals surface area contributed by atoms with Crippen molar-refractivity contribution in [1.82, 2.24) is 10.2 Å². The summed E-state index contributed by atoms with van der Waals surface area (Å²) in [6.07, 6.45) is 2.24. The van der Waals surface area contributed by atoms with E-state index in [4.69, 9.17) is 12.2 Å². The first-order valence-electron chi connectivity index (χ1n) is 5.39. The zero-order chi connectivity index (χ0) is 10.9. The van der Waals surface area contributed by atoms with Crippen LogP contribution in [0.3, 0.4) is 0 Å². The van der Waals surface area contributed by atoms with Crippen molar-refractivity contribution in [2.45, 2.75) is 25.3 Å². The highest BCUT2D eigenvalue weighted by Crippen LogP contribution is 2.32. The molecule has 3 nitrogen and oxygen atoms in total. The Morgan fingerprint density at radius 3 is 2.80 bits per heavy atom. The third kappa shape index (κ3) is 2.19. The maximum absolute atomic E-state index is 5.17. The predicted octanol–water partition coefficient (Wildman–Crippen LogP) is 1.49. The van der Waals surface area contributed by atoms with E-state index in [9.17, 15) is 0 Å². The number of hydrogen-bond donors (Lipinski definition) is 1. The summed E-state index contributed by atoms with van der Waals surface area (Å²) in [6.45, 7) is 4.41. The molecule has 0 atom stereocenters. The van der Waals surface area contributed by atoms with Crippen LogP contribution in [-0.2, 0) is 0 Å². The topological polar surface area (TPSA) is 27.6 Å². The summed E-state index contributed by atoms with van der Waals surface area (Å²) in [5.41, 5.74) is 0.0737. The largest absolute Gasteiger partial charge is 0.349 e. The number of thioether (sulfide) groups is 1. The molecule has 0 amide bonds. The lowest BCUT2D eigenvalue weighted by Crippen LogP contribution is -2.54. The fourth-order valence-corrected chi connectivity index (χ4v) is 3.44. The predicted molar refractivity (Wildman–Crippen MR) is 70.8 cm³/mol. The Morgan fingerprint density at radius 2 is 2.20 bits per heavy atom. The molecule has 1 spiro atoms. The van der Waals surface area contributed by atoms with Gasteiger partial charge in [-0.15, -0.1) is 11.8 Å². The van der Waals surface area contributed by atoms with Gasteiger partial charge in [0.2, 0.25) is 0 Å². The van der Waals surface area contributed by atoms with Crippen LogP contribution in [0.15, 0.2) is 4.99 Å². The van der Waals surface area contributed by atoms with E-state index in [2.05, 4.69) is 29.2 Å². The van der Waals surface area contributed by atoms with E-state index in [1.165, 1.54) is 5.04 Å². The van der Waals surface area contributed by atoms with Crippen LogP contribution in [0, 0.1) is 0 Å². The zero-order valence-corrected chi connectivity index (χ0v) is 10.9. The first-order chi connectivity index (χ1) is 7.16. The average molecular weight is 243 g/mol. The van der Waals surface area contributed by atoms with E-state index in [1.807, 2.05) is 11.8 Å². The summed E-state index contributed by atoms with van der Waals surface area (Å²) < 4.78 is 0. The minimum absolute atomic E-state index is 0.0737. The van der Waals surface area contributed by atoms with Crippen LogP contribution >= 0.6 is 24.0 Å². The van der Waals surface area contributed by atoms with Gasteiger partial charge in [-0.05, 0) is 37.9 Å². The van der Waals surface area contributed by atoms with Crippen LogP contribution in [0.2, 0.25) is 0 Å². The number of likely N-dealkylation sites (tertiary alicyclic amines) is 1. The van der Waals surface area contributed by atoms with Gasteiger partial charge < -0.3 is 10.2 Å². The molecule has 0 saturated carbocycles. The van der Waals surface area contributed by atoms with Crippen molar-refractivity contribution in [3.05, 3.63) is 0 Å². The summed E-state index contributed by atoms with van der Waals surface area (Å²) in [6, 6.07) is 0. The molecule has 5 heteroatoms. The number of nitrogens with one attached hydrogen (secondary N) is 1. The molecule has 0 aromatic heterocycles. The SMILES string of the molecule is CCSC1=NC(=S)NC12CCN(C)CC2. The highest BCUT2D eigenvalue weighted by molar-refractivity contribution is 8.14. The lowest BCUT2D eigenvalue weighted by atomic mass is 9.89. The molecule has 0 radical (unpaired) electrons. The van der Waals surface area contributed by atoms with Gasteiger partial charge in [0.15, 0.2) is 5.11 Å². The number of hydrogen-bond acceptors (Lipinski definition) is 3. The lowest BCUT2D eigenvalue weighted by Gasteiger charge is -2.38. The van der Waals surface area contributed by atoms with E-state index in [0.29, 0.717) is 5.11 Å². The average Bonchev–Trinajstić information content (AvgIpc) is 2.49. The summed E-state index contributed by atoms with van der Waals surface area (Å²) in [7, 11) is 2.17. The molecule has 0 bridgehead atoms. The third-order valence-corrected chi connectivity index (χ3v) is 4.32. The van der Waals surface area contributed by atoms with Gasteiger partial charge in [0.1, 0.15) is 5.04 Å². The molecular formula is C10H17N3S2. The Bertz CT molecular complexity index is 293. The standard InChI is InChI=1S/C10H17N3S2/c1-3-15-8-10(12-9(14)11-8)4-6-13(2)7-5-10/h3-7H2,1-2H3,(H,12,14). The van der Waals surface area contributed by atoms with Crippen molar-refractivity contribution in [2.24, 2.45) is 4.99 Å². The number of piperidine rings is 1. The van der Waals surface area contributed by atoms with Crippen molar-refractivity contribution in [3.63, 3.8) is 0 Å². The third-order valence-electron chi connectivity index (χ3n) is 3.08. The number of thiocarbonyl (C=S) groups is 1. The fourth-order valence-electron chi connectivity index (χ4n) is 2.13. The van der Waals surface area contributed by atoms with Gasteiger partial charge in [0, 0.05) is 13.1 Å². The monoisotopic (exact) mass is 243 g/mol. The molecule has 1 fully saturated rings. The quantitative estimate of drug-likeness (QED) is 0.706. The fraction of sp³-hybridized carbons (Fsp3) is 0.800. The zero-order valence-electron chi connectivity index (χ0n) is 9.25. The van der Waals surface area contributed by atoms with E-state index < -0.39 is 0 Å². The number of nitrogens with zero attached hydrogens (tertiary/aromatic N) is 2. The Hall–Kier alpha value is -0.130. The van der Waals surface area contributed by atoms with E-state index in [0.717, 1.165) is 31.7 Å². The molecule has 2 aliphatic heterocycles. The molecule has 84 valence electrons. The Balaban J connectivity index is 2.13. The first-order valence-corrected chi connectivity index (χ1v) is 6.78. The van der Waals surface area contributed by atoms with Gasteiger partial charge in [-0.3, -0.25) is 0 Å². The van der Waals surface area contributed by atoms with Crippen LogP contribution in [0.4, 0.5) is 0 Å². The number of aliphatic imine (C=N–C) groups is 1. The van der Waals surface area contributed by atoms with Gasteiger partial charge in [0.05, 0.1) is 5.54 Å². The minimum atomic E-state index is 0.0737. The second-order valence-electron chi connectivity index (χ2n) is 4.17. The molecule has 0 aliphatic carbocycles. The maximum atomic E-state index is 5.17. The maximum Gasteiger partial charge on any atom is 0.194 e. The van der Waals surface area contributed by atoms with Crippen molar-refractivity contribution >= 4 is 34.1 Å². The minimum Gasteiger partial charge on any atom is -0.349 e. The lowest BCUT2D eigenvalue weighted by molar-refractivity contribution is 0.223. The second-order valence-corrected chi connectivity index (χ2v) is 5.80. The van der Waals surface area contributed by atoms with Crippen LogP contribution in [0.5, 0.6) is 0 Å². The summed E-state index contributed by atoms with van der Waals surface area (Å²) in [5, 5.41) is 5.29. The molecule has 0 unspecified atom stereocenters. The van der Waals surface area contributed by atoms with Crippen molar-refractivity contribution < 1.29 is 0 Å². The van der Waals surface area contributed by atoms with E-state index in [1.54, 1.807) is 0 Å². The smallest absolute Gasteiger partial charge is 0.194 e. The van der Waals surface area contributed by atoms with Gasteiger partial charge in [-0.1, -0.05) is 6.92 Å². The van der Waals surface area contributed by atoms with Crippen molar-refractivity contribution in [2.75, 3.05) is 25.9 Å². The molecule has 2 rings (SSSR count). The Morgan fingerprint density at radius 1 is 1.53 bits per heavy atom. The van der Waals surface area contributed by atoms with Crippen LogP contribution in [-0.4, -0.2) is 46.5 Å². The van der Waals surface area contributed by atoms with Crippen LogP contribution in [0.1, 0.15) is 19.8 Å². The molecular weight excluding hydrogens is 226 g/mol. The molecule has 0 aromatic carbocycles. The molecule has 2 heterocycles. The molecule has 1 N–H and O–H groups in total. The second kappa shape index (κ2) is 4.39. The Kier molecular flexibility index (Phi) is 3.33. The molecule has 1 saturated heterocycles. The summed E-state index contributed by atoms with van der Waals surface area (Å²) >= 11 is 7.00. The van der Waals surface area contributed by atoms with Gasteiger partial charge >= 0.3 is 0 Å².